The third-order valence-corrected chi connectivity index (χ3v) is 3.20. The number of halogens is 1. The Morgan fingerprint density at radius 1 is 1.43 bits per heavy atom. The van der Waals surface area contributed by atoms with Gasteiger partial charge in [-0.2, -0.15) is 4.98 Å². The zero-order valence-electron chi connectivity index (χ0n) is 11.7. The van der Waals surface area contributed by atoms with Crippen molar-refractivity contribution in [3.63, 3.8) is 0 Å². The van der Waals surface area contributed by atoms with Crippen LogP contribution >= 0.6 is 12.4 Å². The van der Waals surface area contributed by atoms with E-state index in [1.807, 2.05) is 24.3 Å². The first-order valence-electron chi connectivity index (χ1n) is 6.64. The number of benzene rings is 1. The molecule has 0 spiro atoms. The maximum Gasteiger partial charge on any atom is 0.229 e. The highest BCUT2D eigenvalue weighted by atomic mass is 35.5. The molecule has 3 rings (SSSR count). The maximum absolute atomic E-state index is 5.62. The molecule has 0 bridgehead atoms. The van der Waals surface area contributed by atoms with Crippen molar-refractivity contribution in [1.82, 2.24) is 15.5 Å². The predicted molar refractivity (Wildman–Crippen MR) is 79.8 cm³/mol. The van der Waals surface area contributed by atoms with Crippen molar-refractivity contribution in [2.45, 2.75) is 12.5 Å². The summed E-state index contributed by atoms with van der Waals surface area (Å²) in [5.41, 5.74) is 0.877. The molecular weight excluding hydrogens is 294 g/mol. The third kappa shape index (κ3) is 3.93. The number of ether oxygens (including phenoxy) is 2. The van der Waals surface area contributed by atoms with E-state index in [1.165, 1.54) is 0 Å². The molecule has 7 heteroatoms. The molecule has 0 radical (unpaired) electrons. The van der Waals surface area contributed by atoms with Gasteiger partial charge in [0.25, 0.3) is 0 Å². The fraction of sp³-hybridized carbons (Fsp3) is 0.429. The minimum absolute atomic E-state index is 0. The number of morpholine rings is 1. The maximum atomic E-state index is 5.62. The molecule has 1 aromatic heterocycles. The standard InChI is InChI=1S/C14H17N3O3.ClH/c1-18-11-4-2-3-10(7-11)14-16-13(20-17-14)8-12-9-15-5-6-19-12;/h2-4,7,12,15H,5-6,8-9H2,1H3;1H. The molecule has 1 N–H and O–H groups in total. The fourth-order valence-electron chi connectivity index (χ4n) is 2.16. The van der Waals surface area contributed by atoms with Crippen molar-refractivity contribution in [2.75, 3.05) is 26.8 Å². The van der Waals surface area contributed by atoms with E-state index in [0.29, 0.717) is 18.1 Å². The summed E-state index contributed by atoms with van der Waals surface area (Å²) in [5, 5.41) is 7.29. The molecule has 6 nitrogen and oxygen atoms in total. The van der Waals surface area contributed by atoms with Crippen molar-refractivity contribution in [2.24, 2.45) is 0 Å². The zero-order chi connectivity index (χ0) is 13.8. The molecule has 0 amide bonds. The van der Waals surface area contributed by atoms with Crippen LogP contribution in [-0.2, 0) is 11.2 Å². The topological polar surface area (TPSA) is 69.4 Å². The first-order chi connectivity index (χ1) is 9.85. The van der Waals surface area contributed by atoms with Crippen molar-refractivity contribution in [3.8, 4) is 17.1 Å². The zero-order valence-corrected chi connectivity index (χ0v) is 12.6. The van der Waals surface area contributed by atoms with Crippen LogP contribution < -0.4 is 10.1 Å². The molecule has 0 saturated carbocycles. The van der Waals surface area contributed by atoms with Gasteiger partial charge in [0, 0.05) is 18.7 Å². The SMILES string of the molecule is COc1cccc(-c2noc(CC3CNCCO3)n2)c1.Cl. The van der Waals surface area contributed by atoms with Gasteiger partial charge in [-0.15, -0.1) is 12.4 Å². The van der Waals surface area contributed by atoms with Gasteiger partial charge in [0.2, 0.25) is 11.7 Å². The van der Waals surface area contributed by atoms with E-state index in [-0.39, 0.29) is 18.5 Å². The van der Waals surface area contributed by atoms with Crippen LogP contribution in [0, 0.1) is 0 Å². The van der Waals surface area contributed by atoms with Crippen LogP contribution in [0.3, 0.4) is 0 Å². The summed E-state index contributed by atoms with van der Waals surface area (Å²) in [6.45, 7) is 2.44. The molecule has 2 aromatic rings. The molecule has 1 atom stereocenters. The normalized spacial score (nSPS) is 18.0. The average Bonchev–Trinajstić information content (AvgIpc) is 2.97. The molecule has 1 aromatic carbocycles. The number of hydrogen-bond acceptors (Lipinski definition) is 6. The van der Waals surface area contributed by atoms with E-state index >= 15 is 0 Å². The molecule has 1 saturated heterocycles. The Bertz CT molecular complexity index is 570. The summed E-state index contributed by atoms with van der Waals surface area (Å²) >= 11 is 0. The summed E-state index contributed by atoms with van der Waals surface area (Å²) in [6, 6.07) is 7.59. The number of hydrogen-bond donors (Lipinski definition) is 1. The molecule has 0 aliphatic carbocycles. The van der Waals surface area contributed by atoms with Gasteiger partial charge in [0.15, 0.2) is 0 Å². The Morgan fingerprint density at radius 3 is 3.10 bits per heavy atom. The minimum atomic E-state index is 0. The number of methoxy groups -OCH3 is 1. The average molecular weight is 312 g/mol. The Kier molecular flexibility index (Phi) is 5.55. The van der Waals surface area contributed by atoms with Crippen molar-refractivity contribution < 1.29 is 14.0 Å². The minimum Gasteiger partial charge on any atom is -0.497 e. The van der Waals surface area contributed by atoms with Crippen LogP contribution in [0.15, 0.2) is 28.8 Å². The highest BCUT2D eigenvalue weighted by molar-refractivity contribution is 5.85. The molecule has 1 aliphatic rings. The lowest BCUT2D eigenvalue weighted by Gasteiger charge is -2.21. The van der Waals surface area contributed by atoms with Crippen LogP contribution in [0.2, 0.25) is 0 Å². The van der Waals surface area contributed by atoms with Gasteiger partial charge in [-0.05, 0) is 12.1 Å². The lowest BCUT2D eigenvalue weighted by Crippen LogP contribution is -2.39. The van der Waals surface area contributed by atoms with Gasteiger partial charge in [-0.1, -0.05) is 17.3 Å². The smallest absolute Gasteiger partial charge is 0.229 e. The van der Waals surface area contributed by atoms with Crippen molar-refractivity contribution in [1.29, 1.82) is 0 Å². The lowest BCUT2D eigenvalue weighted by molar-refractivity contribution is 0.0246. The summed E-state index contributed by atoms with van der Waals surface area (Å²) in [7, 11) is 1.63. The first-order valence-corrected chi connectivity index (χ1v) is 6.64. The second kappa shape index (κ2) is 7.40. The lowest BCUT2D eigenvalue weighted by atomic mass is 10.2. The van der Waals surface area contributed by atoms with Crippen LogP contribution in [-0.4, -0.2) is 43.1 Å². The van der Waals surface area contributed by atoms with Crippen LogP contribution in [0.5, 0.6) is 5.75 Å². The second-order valence-corrected chi connectivity index (χ2v) is 4.64. The van der Waals surface area contributed by atoms with Crippen LogP contribution in [0.25, 0.3) is 11.4 Å². The molecule has 1 aliphatic heterocycles. The van der Waals surface area contributed by atoms with E-state index in [4.69, 9.17) is 14.0 Å². The summed E-state index contributed by atoms with van der Waals surface area (Å²) in [4.78, 5) is 4.41. The van der Waals surface area contributed by atoms with E-state index in [2.05, 4.69) is 15.5 Å². The van der Waals surface area contributed by atoms with Gasteiger partial charge in [0.1, 0.15) is 5.75 Å². The Labute approximate surface area is 129 Å². The van der Waals surface area contributed by atoms with Gasteiger partial charge in [0.05, 0.1) is 26.2 Å². The monoisotopic (exact) mass is 311 g/mol. The molecular formula is C14H18ClN3O3. The highest BCUT2D eigenvalue weighted by Crippen LogP contribution is 2.21. The number of nitrogens with one attached hydrogen (secondary N) is 1. The highest BCUT2D eigenvalue weighted by Gasteiger charge is 2.18. The Hall–Kier alpha value is -1.63. The van der Waals surface area contributed by atoms with Gasteiger partial charge >= 0.3 is 0 Å². The van der Waals surface area contributed by atoms with Crippen molar-refractivity contribution >= 4 is 12.4 Å². The molecule has 2 heterocycles. The number of nitrogens with zero attached hydrogens (tertiary/aromatic N) is 2. The number of aromatic nitrogens is 2. The first kappa shape index (κ1) is 15.8. The van der Waals surface area contributed by atoms with E-state index in [9.17, 15) is 0 Å². The van der Waals surface area contributed by atoms with Gasteiger partial charge in [-0.3, -0.25) is 0 Å². The van der Waals surface area contributed by atoms with Gasteiger partial charge in [-0.25, -0.2) is 0 Å². The predicted octanol–water partition coefficient (Wildman–Crippen LogP) is 1.70. The van der Waals surface area contributed by atoms with E-state index in [1.54, 1.807) is 7.11 Å². The second-order valence-electron chi connectivity index (χ2n) is 4.64. The largest absolute Gasteiger partial charge is 0.497 e. The Balaban J connectivity index is 0.00000161. The molecule has 1 fully saturated rings. The van der Waals surface area contributed by atoms with E-state index in [0.717, 1.165) is 31.0 Å². The quantitative estimate of drug-likeness (QED) is 0.927. The summed E-state index contributed by atoms with van der Waals surface area (Å²) in [6.07, 6.45) is 0.728. The summed E-state index contributed by atoms with van der Waals surface area (Å²) < 4.78 is 16.1. The molecule has 1 unspecified atom stereocenters. The molecule has 114 valence electrons. The Morgan fingerprint density at radius 2 is 2.33 bits per heavy atom. The fourth-order valence-corrected chi connectivity index (χ4v) is 2.16. The third-order valence-electron chi connectivity index (χ3n) is 3.20. The van der Waals surface area contributed by atoms with Crippen LogP contribution in [0.1, 0.15) is 5.89 Å². The molecule has 21 heavy (non-hydrogen) atoms. The van der Waals surface area contributed by atoms with Crippen LogP contribution in [0.4, 0.5) is 0 Å². The van der Waals surface area contributed by atoms with E-state index < -0.39 is 0 Å². The summed E-state index contributed by atoms with van der Waals surface area (Å²) in [5.74, 6) is 1.94. The van der Waals surface area contributed by atoms with Crippen molar-refractivity contribution in [3.05, 3.63) is 30.2 Å². The van der Waals surface area contributed by atoms with Gasteiger partial charge < -0.3 is 19.3 Å². The number of rotatable bonds is 4.